The first-order valence-corrected chi connectivity index (χ1v) is 14.2. The van der Waals surface area contributed by atoms with Gasteiger partial charge in [0.2, 0.25) is 11.8 Å². The van der Waals surface area contributed by atoms with E-state index in [2.05, 4.69) is 5.32 Å². The summed E-state index contributed by atoms with van der Waals surface area (Å²) in [4.78, 5) is 59.8. The molecule has 1 N–H and O–H groups in total. The molecule has 0 bridgehead atoms. The lowest BCUT2D eigenvalue weighted by Gasteiger charge is -2.49. The zero-order valence-electron chi connectivity index (χ0n) is 24.1. The first kappa shape index (κ1) is 29.6. The summed E-state index contributed by atoms with van der Waals surface area (Å²) in [5, 5.41) is 3.42. The van der Waals surface area contributed by atoms with Crippen LogP contribution in [0.25, 0.3) is 0 Å². The topological polar surface area (TPSA) is 90.0 Å². The van der Waals surface area contributed by atoms with Crippen molar-refractivity contribution in [1.29, 1.82) is 0 Å². The molecule has 214 valence electrons. The van der Waals surface area contributed by atoms with Gasteiger partial charge in [-0.15, -0.1) is 0 Å². The molecule has 0 aliphatic carbocycles. The maximum absolute atomic E-state index is 14.2. The van der Waals surface area contributed by atoms with Gasteiger partial charge in [-0.3, -0.25) is 24.1 Å². The van der Waals surface area contributed by atoms with Crippen LogP contribution in [0.1, 0.15) is 40.0 Å². The van der Waals surface area contributed by atoms with E-state index in [9.17, 15) is 19.2 Å². The molecule has 4 rings (SSSR count). The van der Waals surface area contributed by atoms with Crippen molar-refractivity contribution in [2.75, 3.05) is 54.4 Å². The Bertz CT molecular complexity index is 1120. The smallest absolute Gasteiger partial charge is 0.239 e. The molecule has 40 heavy (non-hydrogen) atoms. The number of likely N-dealkylation sites (tertiary alicyclic amines) is 1. The molecule has 2 aromatic rings. The van der Waals surface area contributed by atoms with Crippen LogP contribution in [0.15, 0.2) is 60.7 Å². The Morgan fingerprint density at radius 2 is 1.25 bits per heavy atom. The molecule has 8 nitrogen and oxygen atoms in total. The molecule has 2 saturated heterocycles. The quantitative estimate of drug-likeness (QED) is 0.487. The fourth-order valence-corrected chi connectivity index (χ4v) is 6.41. The third kappa shape index (κ3) is 6.67. The predicted molar refractivity (Wildman–Crippen MR) is 155 cm³/mol. The average Bonchev–Trinajstić information content (AvgIpc) is 2.99. The van der Waals surface area contributed by atoms with Crippen molar-refractivity contribution in [2.24, 2.45) is 23.7 Å². The molecule has 2 unspecified atom stereocenters. The molecule has 0 saturated carbocycles. The Hall–Kier alpha value is -3.36. The second-order valence-electron chi connectivity index (χ2n) is 11.5. The summed E-state index contributed by atoms with van der Waals surface area (Å²) < 4.78 is 0. The van der Waals surface area contributed by atoms with Crippen molar-refractivity contribution >= 4 is 23.4 Å². The largest absolute Gasteiger partial charge is 0.349 e. The minimum Gasteiger partial charge on any atom is -0.349 e. The van der Waals surface area contributed by atoms with E-state index in [1.165, 1.54) is 9.80 Å². The summed E-state index contributed by atoms with van der Waals surface area (Å²) in [6.45, 7) is 2.35. The van der Waals surface area contributed by atoms with Gasteiger partial charge in [-0.2, -0.15) is 0 Å². The molecular formula is C32H42N4O4. The van der Waals surface area contributed by atoms with Gasteiger partial charge < -0.3 is 15.1 Å². The summed E-state index contributed by atoms with van der Waals surface area (Å²) >= 11 is 0. The number of nitrogens with one attached hydrogen (secondary N) is 1. The molecule has 4 atom stereocenters. The Kier molecular flexibility index (Phi) is 9.87. The number of nitrogens with zero attached hydrogens (tertiary/aromatic N) is 3. The highest BCUT2D eigenvalue weighted by atomic mass is 16.2. The van der Waals surface area contributed by atoms with Gasteiger partial charge in [-0.25, -0.2) is 0 Å². The van der Waals surface area contributed by atoms with Crippen molar-refractivity contribution in [3.63, 3.8) is 0 Å². The number of piperidine rings is 2. The van der Waals surface area contributed by atoms with Gasteiger partial charge in [0.25, 0.3) is 0 Å². The summed E-state index contributed by atoms with van der Waals surface area (Å²) in [7, 11) is 6.70. The van der Waals surface area contributed by atoms with Crippen LogP contribution >= 0.6 is 0 Å². The molecule has 0 radical (unpaired) electrons. The van der Waals surface area contributed by atoms with E-state index < -0.39 is 17.9 Å². The molecule has 0 aromatic heterocycles. The van der Waals surface area contributed by atoms with Gasteiger partial charge in [0.05, 0.1) is 12.5 Å². The fourth-order valence-electron chi connectivity index (χ4n) is 6.41. The second-order valence-corrected chi connectivity index (χ2v) is 11.5. The van der Waals surface area contributed by atoms with E-state index in [0.29, 0.717) is 24.2 Å². The van der Waals surface area contributed by atoms with Gasteiger partial charge in [-0.1, -0.05) is 60.7 Å². The van der Waals surface area contributed by atoms with Crippen LogP contribution in [0, 0.1) is 23.7 Å². The van der Waals surface area contributed by atoms with Crippen molar-refractivity contribution in [3.05, 3.63) is 71.8 Å². The van der Waals surface area contributed by atoms with Crippen LogP contribution in [0.2, 0.25) is 0 Å². The number of likely N-dealkylation sites (N-methyl/N-ethyl adjacent to an activating group) is 1. The highest BCUT2D eigenvalue weighted by Crippen LogP contribution is 2.42. The first-order chi connectivity index (χ1) is 19.2. The predicted octanol–water partition coefficient (Wildman–Crippen LogP) is 2.85. The van der Waals surface area contributed by atoms with Crippen LogP contribution < -0.4 is 5.32 Å². The minimum absolute atomic E-state index is 0.00492. The molecule has 2 amide bonds. The lowest BCUT2D eigenvalue weighted by Crippen LogP contribution is -2.60. The molecule has 2 aliphatic heterocycles. The summed E-state index contributed by atoms with van der Waals surface area (Å²) in [6.07, 6.45) is 1.77. The maximum atomic E-state index is 14.2. The lowest BCUT2D eigenvalue weighted by atomic mass is 9.64. The lowest BCUT2D eigenvalue weighted by molar-refractivity contribution is -0.141. The molecule has 8 heteroatoms. The Morgan fingerprint density at radius 3 is 1.68 bits per heavy atom. The number of ketones is 2. The Morgan fingerprint density at radius 1 is 0.775 bits per heavy atom. The van der Waals surface area contributed by atoms with E-state index in [-0.39, 0.29) is 41.6 Å². The van der Waals surface area contributed by atoms with Crippen molar-refractivity contribution in [3.8, 4) is 0 Å². The van der Waals surface area contributed by atoms with Crippen LogP contribution in [0.4, 0.5) is 0 Å². The highest BCUT2D eigenvalue weighted by molar-refractivity contribution is 6.01. The summed E-state index contributed by atoms with van der Waals surface area (Å²) in [6, 6.07) is 17.7. The monoisotopic (exact) mass is 546 g/mol. The van der Waals surface area contributed by atoms with Gasteiger partial charge in [0.15, 0.2) is 11.6 Å². The van der Waals surface area contributed by atoms with Gasteiger partial charge in [0.1, 0.15) is 0 Å². The molecule has 2 heterocycles. The fraction of sp³-hybridized carbons (Fsp3) is 0.500. The standard InChI is InChI=1S/C32H42N4O4/c1-34(2)28(37)19-27(32(40)35(3)4)36-20-25(30(38)23-11-7-5-8-12-23)29(22-15-17-33-18-16-22)26(21-36)31(39)24-13-9-6-10-14-24/h5-14,22,25-27,29,33H,15-21H2,1-4H3/t25-,26+,27?,29?. The molecule has 0 spiro atoms. The van der Waals surface area contributed by atoms with Crippen LogP contribution in [-0.2, 0) is 9.59 Å². The number of benzene rings is 2. The number of hydrogen-bond acceptors (Lipinski definition) is 6. The van der Waals surface area contributed by atoms with E-state index in [4.69, 9.17) is 0 Å². The number of hydrogen-bond donors (Lipinski definition) is 1. The molecular weight excluding hydrogens is 504 g/mol. The van der Waals surface area contributed by atoms with Gasteiger partial charge >= 0.3 is 0 Å². The Labute approximate surface area is 237 Å². The summed E-state index contributed by atoms with van der Waals surface area (Å²) in [5.74, 6) is -1.31. The van der Waals surface area contributed by atoms with E-state index in [1.54, 1.807) is 28.2 Å². The number of amides is 2. The second kappa shape index (κ2) is 13.3. The van der Waals surface area contributed by atoms with E-state index >= 15 is 0 Å². The van der Waals surface area contributed by atoms with E-state index in [1.807, 2.05) is 65.6 Å². The highest BCUT2D eigenvalue weighted by Gasteiger charge is 2.49. The molecule has 2 fully saturated rings. The first-order valence-electron chi connectivity index (χ1n) is 14.2. The molecule has 2 aliphatic rings. The van der Waals surface area contributed by atoms with Crippen LogP contribution in [-0.4, -0.2) is 98.5 Å². The van der Waals surface area contributed by atoms with Gasteiger partial charge in [0, 0.05) is 64.2 Å². The zero-order chi connectivity index (χ0) is 28.8. The number of carbonyl (C=O) groups is 4. The van der Waals surface area contributed by atoms with E-state index in [0.717, 1.165) is 25.9 Å². The van der Waals surface area contributed by atoms with Gasteiger partial charge in [-0.05, 0) is 37.8 Å². The maximum Gasteiger partial charge on any atom is 0.239 e. The van der Waals surface area contributed by atoms with Crippen molar-refractivity contribution < 1.29 is 19.2 Å². The average molecular weight is 547 g/mol. The normalized spacial score (nSPS) is 22.8. The van der Waals surface area contributed by atoms with Crippen LogP contribution in [0.3, 0.4) is 0 Å². The van der Waals surface area contributed by atoms with Crippen molar-refractivity contribution in [1.82, 2.24) is 20.0 Å². The number of Topliss-reactive ketones (excluding diaryl/α,β-unsaturated/α-hetero) is 2. The summed E-state index contributed by atoms with van der Waals surface area (Å²) in [5.41, 5.74) is 1.22. The Balaban J connectivity index is 1.81. The zero-order valence-corrected chi connectivity index (χ0v) is 24.1. The number of carbonyl (C=O) groups excluding carboxylic acids is 4. The van der Waals surface area contributed by atoms with Crippen molar-refractivity contribution in [2.45, 2.75) is 25.3 Å². The third-order valence-electron chi connectivity index (χ3n) is 8.54. The minimum atomic E-state index is -0.768. The number of rotatable bonds is 9. The SMILES string of the molecule is CN(C)C(=O)CC(C(=O)N(C)C)N1C[C@H](C(=O)c2ccccc2)C(C2CCNCC2)[C@H](C(=O)c2ccccc2)C1. The third-order valence-corrected chi connectivity index (χ3v) is 8.54. The van der Waals surface area contributed by atoms with Crippen LogP contribution in [0.5, 0.6) is 0 Å². The molecule has 2 aromatic carbocycles.